The number of hydrogen-bond donors (Lipinski definition) is 1. The molecule has 0 bridgehead atoms. The van der Waals surface area contributed by atoms with Crippen molar-refractivity contribution in [2.75, 3.05) is 26.7 Å². The molecule has 11 heavy (non-hydrogen) atoms. The van der Waals surface area contributed by atoms with Crippen molar-refractivity contribution in [1.29, 1.82) is 0 Å². The maximum Gasteiger partial charge on any atom is 0.233 e. The van der Waals surface area contributed by atoms with Crippen LogP contribution in [0.4, 0.5) is 4.39 Å². The minimum Gasteiger partial charge on any atom is -0.358 e. The van der Waals surface area contributed by atoms with Crippen LogP contribution in [0.3, 0.4) is 0 Å². The van der Waals surface area contributed by atoms with Gasteiger partial charge in [-0.3, -0.25) is 9.69 Å². The number of rotatable bonds is 2. The smallest absolute Gasteiger partial charge is 0.233 e. The van der Waals surface area contributed by atoms with Crippen LogP contribution < -0.4 is 5.32 Å². The Morgan fingerprint density at radius 2 is 2.55 bits per heavy atom. The highest BCUT2D eigenvalue weighted by Crippen LogP contribution is 2.10. The molecule has 0 unspecified atom stereocenters. The van der Waals surface area contributed by atoms with Gasteiger partial charge in [-0.05, 0) is 6.42 Å². The van der Waals surface area contributed by atoms with E-state index >= 15 is 0 Å². The molecule has 1 heterocycles. The van der Waals surface area contributed by atoms with Crippen molar-refractivity contribution in [1.82, 2.24) is 10.2 Å². The Morgan fingerprint density at radius 3 is 3.00 bits per heavy atom. The van der Waals surface area contributed by atoms with Crippen LogP contribution in [0.25, 0.3) is 0 Å². The van der Waals surface area contributed by atoms with Crippen molar-refractivity contribution in [3.63, 3.8) is 0 Å². The van der Waals surface area contributed by atoms with Crippen molar-refractivity contribution < 1.29 is 9.18 Å². The van der Waals surface area contributed by atoms with Crippen LogP contribution in [0.1, 0.15) is 6.42 Å². The second-order valence-corrected chi connectivity index (χ2v) is 2.79. The molecular formula is C7H13FN2O. The number of likely N-dealkylation sites (N-methyl/N-ethyl adjacent to an activating group) is 1. The number of nitrogens with one attached hydrogen (secondary N) is 1. The summed E-state index contributed by atoms with van der Waals surface area (Å²) in [6, 6.07) is 0. The van der Waals surface area contributed by atoms with Crippen LogP contribution in [0.15, 0.2) is 0 Å². The van der Waals surface area contributed by atoms with Crippen LogP contribution in [0.2, 0.25) is 0 Å². The van der Waals surface area contributed by atoms with E-state index in [-0.39, 0.29) is 5.91 Å². The predicted octanol–water partition coefficient (Wildman–Crippen LogP) is -0.224. The first-order valence-electron chi connectivity index (χ1n) is 3.79. The first-order valence-corrected chi connectivity index (χ1v) is 3.79. The molecule has 64 valence electrons. The van der Waals surface area contributed by atoms with E-state index in [4.69, 9.17) is 0 Å². The molecule has 1 rings (SSSR count). The van der Waals surface area contributed by atoms with Crippen molar-refractivity contribution in [2.45, 2.75) is 12.6 Å². The average Bonchev–Trinajstić information content (AvgIpc) is 2.35. The minimum atomic E-state index is -0.736. The zero-order valence-electron chi connectivity index (χ0n) is 6.64. The van der Waals surface area contributed by atoms with Gasteiger partial charge in [0.05, 0.1) is 6.54 Å². The molecule has 0 aromatic rings. The Labute approximate surface area is 65.6 Å². The molecule has 0 aromatic carbocycles. The molecule has 3 nitrogen and oxygen atoms in total. The SMILES string of the molecule is CNC(=O)CN1CC[C@H](F)C1. The number of alkyl halides is 1. The maximum absolute atomic E-state index is 12.6. The Kier molecular flexibility index (Phi) is 2.82. The van der Waals surface area contributed by atoms with Gasteiger partial charge in [0.2, 0.25) is 5.91 Å². The third-order valence-corrected chi connectivity index (χ3v) is 1.86. The van der Waals surface area contributed by atoms with Crippen LogP contribution in [0.5, 0.6) is 0 Å². The van der Waals surface area contributed by atoms with E-state index in [2.05, 4.69) is 5.32 Å². The summed E-state index contributed by atoms with van der Waals surface area (Å²) in [6.45, 7) is 1.44. The number of carbonyl (C=O) groups excluding carboxylic acids is 1. The van der Waals surface area contributed by atoms with Gasteiger partial charge in [-0.25, -0.2) is 4.39 Å². The lowest BCUT2D eigenvalue weighted by Crippen LogP contribution is -2.34. The van der Waals surface area contributed by atoms with E-state index in [1.165, 1.54) is 0 Å². The molecule has 1 amide bonds. The minimum absolute atomic E-state index is 0.0425. The third-order valence-electron chi connectivity index (χ3n) is 1.86. The highest BCUT2D eigenvalue weighted by atomic mass is 19.1. The summed E-state index contributed by atoms with van der Waals surface area (Å²) in [6.07, 6.45) is -0.170. The Bertz CT molecular complexity index is 151. The normalized spacial score (nSPS) is 25.5. The second kappa shape index (κ2) is 3.67. The van der Waals surface area contributed by atoms with E-state index in [1.54, 1.807) is 7.05 Å². The number of likely N-dealkylation sites (tertiary alicyclic amines) is 1. The monoisotopic (exact) mass is 160 g/mol. The van der Waals surface area contributed by atoms with Crippen molar-refractivity contribution in [3.8, 4) is 0 Å². The molecule has 1 aliphatic rings. The molecule has 4 heteroatoms. The Hall–Kier alpha value is -0.640. The second-order valence-electron chi connectivity index (χ2n) is 2.79. The standard InChI is InChI=1S/C7H13FN2O/c1-9-7(11)5-10-3-2-6(8)4-10/h6H,2-5H2,1H3,(H,9,11)/t6-/m0/s1. The number of carbonyl (C=O) groups is 1. The van der Waals surface area contributed by atoms with Crippen LogP contribution in [-0.2, 0) is 4.79 Å². The molecule has 0 aromatic heterocycles. The van der Waals surface area contributed by atoms with Crippen molar-refractivity contribution in [2.24, 2.45) is 0 Å². The largest absolute Gasteiger partial charge is 0.358 e. The third kappa shape index (κ3) is 2.46. The molecular weight excluding hydrogens is 147 g/mol. The van der Waals surface area contributed by atoms with Gasteiger partial charge in [0, 0.05) is 20.1 Å². The highest BCUT2D eigenvalue weighted by molar-refractivity contribution is 5.77. The van der Waals surface area contributed by atoms with E-state index in [1.807, 2.05) is 4.90 Å². The van der Waals surface area contributed by atoms with Crippen LogP contribution in [-0.4, -0.2) is 43.7 Å². The average molecular weight is 160 g/mol. The Morgan fingerprint density at radius 1 is 1.82 bits per heavy atom. The van der Waals surface area contributed by atoms with Gasteiger partial charge in [0.1, 0.15) is 6.17 Å². The van der Waals surface area contributed by atoms with E-state index in [9.17, 15) is 9.18 Å². The quantitative estimate of drug-likeness (QED) is 0.605. The summed E-state index contributed by atoms with van der Waals surface area (Å²) in [5, 5.41) is 2.50. The fourth-order valence-electron chi connectivity index (χ4n) is 1.21. The molecule has 0 radical (unpaired) electrons. The summed E-state index contributed by atoms with van der Waals surface area (Å²) in [7, 11) is 1.59. The molecule has 1 N–H and O–H groups in total. The lowest BCUT2D eigenvalue weighted by molar-refractivity contribution is -0.121. The van der Waals surface area contributed by atoms with Gasteiger partial charge >= 0.3 is 0 Å². The first kappa shape index (κ1) is 8.46. The van der Waals surface area contributed by atoms with Crippen molar-refractivity contribution in [3.05, 3.63) is 0 Å². The maximum atomic E-state index is 12.6. The van der Waals surface area contributed by atoms with Gasteiger partial charge in [0.15, 0.2) is 0 Å². The van der Waals surface area contributed by atoms with Crippen LogP contribution in [0, 0.1) is 0 Å². The fourth-order valence-corrected chi connectivity index (χ4v) is 1.21. The highest BCUT2D eigenvalue weighted by Gasteiger charge is 2.22. The van der Waals surface area contributed by atoms with Crippen molar-refractivity contribution >= 4 is 5.91 Å². The van der Waals surface area contributed by atoms with E-state index in [0.717, 1.165) is 0 Å². The molecule has 1 fully saturated rings. The summed E-state index contributed by atoms with van der Waals surface area (Å²) < 4.78 is 12.6. The molecule has 1 saturated heterocycles. The summed E-state index contributed by atoms with van der Waals surface area (Å²) in [4.78, 5) is 12.6. The van der Waals surface area contributed by atoms with E-state index < -0.39 is 6.17 Å². The number of halogens is 1. The predicted molar refractivity (Wildman–Crippen MR) is 40.0 cm³/mol. The molecule has 0 spiro atoms. The molecule has 0 aliphatic carbocycles. The summed E-state index contributed by atoms with van der Waals surface area (Å²) in [5.74, 6) is -0.0425. The topological polar surface area (TPSA) is 32.3 Å². The van der Waals surface area contributed by atoms with Gasteiger partial charge in [0.25, 0.3) is 0 Å². The van der Waals surface area contributed by atoms with Gasteiger partial charge in [-0.2, -0.15) is 0 Å². The number of amides is 1. The lowest BCUT2D eigenvalue weighted by atomic mass is 10.3. The summed E-state index contributed by atoms with van der Waals surface area (Å²) in [5.41, 5.74) is 0. The van der Waals surface area contributed by atoms with E-state index in [0.29, 0.717) is 26.1 Å². The number of hydrogen-bond acceptors (Lipinski definition) is 2. The first-order chi connectivity index (χ1) is 5.22. The molecule has 0 saturated carbocycles. The molecule has 1 atom stereocenters. The van der Waals surface area contributed by atoms with Crippen LogP contribution >= 0.6 is 0 Å². The summed E-state index contributed by atoms with van der Waals surface area (Å²) >= 11 is 0. The number of nitrogens with zero attached hydrogens (tertiary/aromatic N) is 1. The van der Waals surface area contributed by atoms with Gasteiger partial charge in [-0.15, -0.1) is 0 Å². The van der Waals surface area contributed by atoms with Gasteiger partial charge < -0.3 is 5.32 Å². The molecule has 1 aliphatic heterocycles. The zero-order chi connectivity index (χ0) is 8.27. The Balaban J connectivity index is 2.23. The zero-order valence-corrected chi connectivity index (χ0v) is 6.64. The fraction of sp³-hybridized carbons (Fsp3) is 0.857. The van der Waals surface area contributed by atoms with Gasteiger partial charge in [-0.1, -0.05) is 0 Å². The lowest BCUT2D eigenvalue weighted by Gasteiger charge is -2.12.